The summed E-state index contributed by atoms with van der Waals surface area (Å²) in [7, 11) is 1.48. The van der Waals surface area contributed by atoms with E-state index >= 15 is 0 Å². The number of nitrogens with one attached hydrogen (secondary N) is 1. The molecule has 0 aliphatic rings. The average Bonchev–Trinajstić information content (AvgIpc) is 2.27. The lowest BCUT2D eigenvalue weighted by molar-refractivity contribution is 0.399. The van der Waals surface area contributed by atoms with Crippen LogP contribution < -0.4 is 16.2 Å². The highest BCUT2D eigenvalue weighted by molar-refractivity contribution is 5.61. The molecule has 0 spiro atoms. The molecule has 7 heteroatoms. The SMILES string of the molecule is COc1ncccc1-c1nc(N)nc(=O)[nH]1. The fraction of sp³-hybridized carbons (Fsp3) is 0.111. The zero-order chi connectivity index (χ0) is 11.5. The van der Waals surface area contributed by atoms with Crippen molar-refractivity contribution in [3.63, 3.8) is 0 Å². The standard InChI is InChI=1S/C9H9N5O2/c1-16-7-5(3-2-4-11-7)6-12-8(10)14-9(15)13-6/h2-4H,1H3,(H3,10,12,13,14,15). The van der Waals surface area contributed by atoms with Gasteiger partial charge in [-0.2, -0.15) is 9.97 Å². The van der Waals surface area contributed by atoms with Crippen molar-refractivity contribution < 1.29 is 4.74 Å². The van der Waals surface area contributed by atoms with E-state index in [1.54, 1.807) is 18.3 Å². The van der Waals surface area contributed by atoms with Gasteiger partial charge in [-0.15, -0.1) is 0 Å². The van der Waals surface area contributed by atoms with E-state index in [0.29, 0.717) is 11.4 Å². The first-order chi connectivity index (χ1) is 7.70. The van der Waals surface area contributed by atoms with Crippen LogP contribution in [0.2, 0.25) is 0 Å². The number of rotatable bonds is 2. The number of anilines is 1. The molecule has 0 unspecified atom stereocenters. The van der Waals surface area contributed by atoms with Crippen LogP contribution in [0.25, 0.3) is 11.4 Å². The molecule has 0 aromatic carbocycles. The van der Waals surface area contributed by atoms with Gasteiger partial charge in [-0.3, -0.25) is 4.98 Å². The quantitative estimate of drug-likeness (QED) is 0.725. The fourth-order valence-corrected chi connectivity index (χ4v) is 1.26. The average molecular weight is 219 g/mol. The third kappa shape index (κ3) is 1.83. The number of nitrogens with two attached hydrogens (primary N) is 1. The Morgan fingerprint density at radius 2 is 2.25 bits per heavy atom. The molecule has 0 atom stereocenters. The molecule has 16 heavy (non-hydrogen) atoms. The topological polar surface area (TPSA) is 107 Å². The van der Waals surface area contributed by atoms with Gasteiger partial charge >= 0.3 is 5.69 Å². The first-order valence-corrected chi connectivity index (χ1v) is 4.44. The van der Waals surface area contributed by atoms with Crippen molar-refractivity contribution in [3.8, 4) is 17.3 Å². The molecule has 2 aromatic heterocycles. The molecule has 0 saturated heterocycles. The van der Waals surface area contributed by atoms with Gasteiger partial charge in [-0.1, -0.05) is 0 Å². The molecule has 0 amide bonds. The fourth-order valence-electron chi connectivity index (χ4n) is 1.26. The zero-order valence-electron chi connectivity index (χ0n) is 8.47. The Bertz CT molecular complexity index is 566. The summed E-state index contributed by atoms with van der Waals surface area (Å²) in [6, 6.07) is 3.41. The van der Waals surface area contributed by atoms with Crippen molar-refractivity contribution in [3.05, 3.63) is 28.8 Å². The van der Waals surface area contributed by atoms with Gasteiger partial charge in [0.25, 0.3) is 0 Å². The lowest BCUT2D eigenvalue weighted by Crippen LogP contribution is -2.15. The number of nitrogen functional groups attached to an aromatic ring is 1. The summed E-state index contributed by atoms with van der Waals surface area (Å²) in [5.41, 5.74) is 5.38. The molecule has 2 rings (SSSR count). The van der Waals surface area contributed by atoms with Crippen LogP contribution in [-0.4, -0.2) is 27.0 Å². The number of hydrogen-bond donors (Lipinski definition) is 2. The highest BCUT2D eigenvalue weighted by Crippen LogP contribution is 2.23. The first-order valence-electron chi connectivity index (χ1n) is 4.44. The number of H-pyrrole nitrogens is 1. The van der Waals surface area contributed by atoms with Crippen LogP contribution in [0.4, 0.5) is 5.95 Å². The minimum Gasteiger partial charge on any atom is -0.480 e. The predicted octanol–water partition coefficient (Wildman–Crippen LogP) is -0.182. The maximum absolute atomic E-state index is 11.1. The summed E-state index contributed by atoms with van der Waals surface area (Å²) in [4.78, 5) is 24.9. The largest absolute Gasteiger partial charge is 0.480 e. The minimum absolute atomic E-state index is 0.0929. The number of aromatic nitrogens is 4. The molecule has 3 N–H and O–H groups in total. The Morgan fingerprint density at radius 1 is 1.44 bits per heavy atom. The maximum atomic E-state index is 11.1. The molecular weight excluding hydrogens is 210 g/mol. The highest BCUT2D eigenvalue weighted by atomic mass is 16.5. The van der Waals surface area contributed by atoms with E-state index in [-0.39, 0.29) is 11.8 Å². The number of nitrogens with zero attached hydrogens (tertiary/aromatic N) is 3. The van der Waals surface area contributed by atoms with Gasteiger partial charge in [0.2, 0.25) is 11.8 Å². The zero-order valence-corrected chi connectivity index (χ0v) is 8.47. The maximum Gasteiger partial charge on any atom is 0.349 e. The summed E-state index contributed by atoms with van der Waals surface area (Å²) in [6.07, 6.45) is 1.57. The molecule has 0 aliphatic carbocycles. The van der Waals surface area contributed by atoms with Crippen LogP contribution in [-0.2, 0) is 0 Å². The van der Waals surface area contributed by atoms with Crippen LogP contribution in [0, 0.1) is 0 Å². The Hall–Kier alpha value is -2.44. The highest BCUT2D eigenvalue weighted by Gasteiger charge is 2.09. The van der Waals surface area contributed by atoms with E-state index in [4.69, 9.17) is 10.5 Å². The summed E-state index contributed by atoms with van der Waals surface area (Å²) < 4.78 is 5.05. The van der Waals surface area contributed by atoms with Gasteiger partial charge in [-0.25, -0.2) is 9.78 Å². The minimum atomic E-state index is -0.562. The molecule has 2 heterocycles. The number of methoxy groups -OCH3 is 1. The number of pyridine rings is 1. The second-order valence-electron chi connectivity index (χ2n) is 2.92. The van der Waals surface area contributed by atoms with Crippen LogP contribution in [0.3, 0.4) is 0 Å². The number of aromatic amines is 1. The van der Waals surface area contributed by atoms with Crippen LogP contribution in [0.1, 0.15) is 0 Å². The lowest BCUT2D eigenvalue weighted by Gasteiger charge is -2.05. The van der Waals surface area contributed by atoms with Gasteiger partial charge in [0, 0.05) is 6.20 Å². The van der Waals surface area contributed by atoms with E-state index in [1.165, 1.54) is 7.11 Å². The van der Waals surface area contributed by atoms with Crippen molar-refractivity contribution in [1.29, 1.82) is 0 Å². The summed E-state index contributed by atoms with van der Waals surface area (Å²) in [6.45, 7) is 0. The molecule has 0 saturated carbocycles. The van der Waals surface area contributed by atoms with Gasteiger partial charge in [0.15, 0.2) is 5.82 Å². The van der Waals surface area contributed by atoms with Crippen LogP contribution in [0.5, 0.6) is 5.88 Å². The third-order valence-corrected chi connectivity index (χ3v) is 1.89. The van der Waals surface area contributed by atoms with Gasteiger partial charge < -0.3 is 10.5 Å². The van der Waals surface area contributed by atoms with Crippen molar-refractivity contribution >= 4 is 5.95 Å². The van der Waals surface area contributed by atoms with Crippen LogP contribution >= 0.6 is 0 Å². The Kier molecular flexibility index (Phi) is 2.50. The van der Waals surface area contributed by atoms with E-state index in [1.807, 2.05) is 0 Å². The molecule has 0 bridgehead atoms. The third-order valence-electron chi connectivity index (χ3n) is 1.89. The lowest BCUT2D eigenvalue weighted by atomic mass is 10.2. The Balaban J connectivity index is 2.62. The molecule has 0 fully saturated rings. The monoisotopic (exact) mass is 219 g/mol. The van der Waals surface area contributed by atoms with Crippen LogP contribution in [0.15, 0.2) is 23.1 Å². The van der Waals surface area contributed by atoms with E-state index in [0.717, 1.165) is 0 Å². The Labute approximate surface area is 90.3 Å². The second-order valence-corrected chi connectivity index (χ2v) is 2.92. The molecule has 0 aliphatic heterocycles. The summed E-state index contributed by atoms with van der Waals surface area (Å²) in [5, 5.41) is 0. The second kappa shape index (κ2) is 3.97. The molecular formula is C9H9N5O2. The van der Waals surface area contributed by atoms with E-state index in [2.05, 4.69) is 19.9 Å². The van der Waals surface area contributed by atoms with E-state index in [9.17, 15) is 4.79 Å². The molecule has 82 valence electrons. The molecule has 0 radical (unpaired) electrons. The van der Waals surface area contributed by atoms with Crippen molar-refractivity contribution in [2.24, 2.45) is 0 Å². The van der Waals surface area contributed by atoms with Crippen molar-refractivity contribution in [2.75, 3.05) is 12.8 Å². The van der Waals surface area contributed by atoms with Gasteiger partial charge in [-0.05, 0) is 12.1 Å². The Morgan fingerprint density at radius 3 is 2.94 bits per heavy atom. The van der Waals surface area contributed by atoms with E-state index < -0.39 is 5.69 Å². The smallest absolute Gasteiger partial charge is 0.349 e. The van der Waals surface area contributed by atoms with Gasteiger partial charge in [0.05, 0.1) is 12.7 Å². The van der Waals surface area contributed by atoms with Crippen molar-refractivity contribution in [1.82, 2.24) is 19.9 Å². The predicted molar refractivity (Wildman–Crippen MR) is 56.8 cm³/mol. The van der Waals surface area contributed by atoms with Crippen molar-refractivity contribution in [2.45, 2.75) is 0 Å². The van der Waals surface area contributed by atoms with Gasteiger partial charge in [0.1, 0.15) is 0 Å². The number of hydrogen-bond acceptors (Lipinski definition) is 6. The molecule has 2 aromatic rings. The summed E-state index contributed by atoms with van der Waals surface area (Å²) in [5.74, 6) is 0.545. The molecule has 7 nitrogen and oxygen atoms in total. The summed E-state index contributed by atoms with van der Waals surface area (Å²) >= 11 is 0. The number of ether oxygens (including phenoxy) is 1. The first kappa shape index (κ1) is 10.1. The normalized spacial score (nSPS) is 10.1.